The normalized spacial score (nSPS) is 18.5. The first kappa shape index (κ1) is 20.2. The van der Waals surface area contributed by atoms with Gasteiger partial charge in [-0.2, -0.15) is 0 Å². The van der Waals surface area contributed by atoms with Crippen LogP contribution in [0.15, 0.2) is 47.5 Å². The first-order valence-corrected chi connectivity index (χ1v) is 10.8. The van der Waals surface area contributed by atoms with Gasteiger partial charge in [0.15, 0.2) is 0 Å². The summed E-state index contributed by atoms with van der Waals surface area (Å²) in [5.41, 5.74) is 2.77. The van der Waals surface area contributed by atoms with Gasteiger partial charge in [-0.1, -0.05) is 13.0 Å². The van der Waals surface area contributed by atoms with Gasteiger partial charge in [0.05, 0.1) is 0 Å². The minimum atomic E-state index is -0.290. The highest BCUT2D eigenvalue weighted by atomic mass is 16.2. The summed E-state index contributed by atoms with van der Waals surface area (Å²) in [5.74, 6) is 0.447. The molecule has 1 atom stereocenters. The molecule has 8 nitrogen and oxygen atoms in total. The molecule has 5 rings (SSSR count). The minimum absolute atomic E-state index is 0.0548. The molecular weight excluding hydrogens is 406 g/mol. The summed E-state index contributed by atoms with van der Waals surface area (Å²) >= 11 is 0. The number of nitrogens with zero attached hydrogens (tertiary/aromatic N) is 4. The Morgan fingerprint density at radius 3 is 2.84 bits per heavy atom. The molecule has 1 aliphatic carbocycles. The van der Waals surface area contributed by atoms with E-state index < -0.39 is 0 Å². The first-order valence-electron chi connectivity index (χ1n) is 10.8. The molecule has 1 N–H and O–H groups in total. The summed E-state index contributed by atoms with van der Waals surface area (Å²) < 4.78 is 1.42. The number of amides is 2. The van der Waals surface area contributed by atoms with Crippen LogP contribution in [0.4, 0.5) is 5.82 Å². The lowest BCUT2D eigenvalue weighted by Gasteiger charge is -2.32. The van der Waals surface area contributed by atoms with Crippen molar-refractivity contribution in [3.05, 3.63) is 64.2 Å². The zero-order valence-electron chi connectivity index (χ0n) is 18.1. The number of carbonyl (C=O) groups excluding carboxylic acids is 2. The van der Waals surface area contributed by atoms with Crippen LogP contribution in [0.25, 0.3) is 16.6 Å². The zero-order chi connectivity index (χ0) is 22.4. The molecule has 2 amide bonds. The van der Waals surface area contributed by atoms with Gasteiger partial charge in [0.1, 0.15) is 17.0 Å². The summed E-state index contributed by atoms with van der Waals surface area (Å²) in [5, 5.41) is 0.991. The Balaban J connectivity index is 1.49. The number of anilines is 1. The summed E-state index contributed by atoms with van der Waals surface area (Å²) in [6.45, 7) is 3.00. The molecule has 2 aliphatic rings. The van der Waals surface area contributed by atoms with E-state index in [0.29, 0.717) is 18.9 Å². The predicted molar refractivity (Wildman–Crippen MR) is 122 cm³/mol. The van der Waals surface area contributed by atoms with Crippen LogP contribution >= 0.6 is 0 Å². The summed E-state index contributed by atoms with van der Waals surface area (Å²) in [7, 11) is 1.64. The Bertz CT molecular complexity index is 1300. The fourth-order valence-corrected chi connectivity index (χ4v) is 4.46. The fraction of sp³-hybridized carbons (Fsp3) is 0.333. The molecule has 1 aliphatic heterocycles. The summed E-state index contributed by atoms with van der Waals surface area (Å²) in [6.07, 6.45) is 8.39. The number of nitrogens with one attached hydrogen (secondary N) is 1. The van der Waals surface area contributed by atoms with Crippen LogP contribution in [-0.4, -0.2) is 50.9 Å². The molecule has 0 bridgehead atoms. The van der Waals surface area contributed by atoms with E-state index >= 15 is 0 Å². The summed E-state index contributed by atoms with van der Waals surface area (Å²) in [6, 6.07) is 7.49. The van der Waals surface area contributed by atoms with Crippen molar-refractivity contribution < 1.29 is 9.59 Å². The summed E-state index contributed by atoms with van der Waals surface area (Å²) in [4.78, 5) is 48.4. The van der Waals surface area contributed by atoms with Gasteiger partial charge in [0.25, 0.3) is 11.5 Å². The van der Waals surface area contributed by atoms with E-state index in [1.54, 1.807) is 35.2 Å². The van der Waals surface area contributed by atoms with Crippen LogP contribution in [-0.2, 0) is 11.8 Å². The highest BCUT2D eigenvalue weighted by Crippen LogP contribution is 2.36. The molecule has 1 fully saturated rings. The molecule has 0 saturated heterocycles. The van der Waals surface area contributed by atoms with Crippen molar-refractivity contribution in [2.75, 3.05) is 18.0 Å². The van der Waals surface area contributed by atoms with E-state index in [9.17, 15) is 14.4 Å². The average Bonchev–Trinajstić information content (AvgIpc) is 3.50. The lowest BCUT2D eigenvalue weighted by Crippen LogP contribution is -2.41. The van der Waals surface area contributed by atoms with Crippen LogP contribution in [0.5, 0.6) is 0 Å². The number of rotatable bonds is 5. The van der Waals surface area contributed by atoms with Gasteiger partial charge in [0.2, 0.25) is 6.41 Å². The highest BCUT2D eigenvalue weighted by molar-refractivity contribution is 5.96. The Kier molecular flexibility index (Phi) is 4.92. The molecule has 3 aromatic rings. The van der Waals surface area contributed by atoms with E-state index in [1.807, 2.05) is 24.4 Å². The number of aromatic nitrogens is 3. The minimum Gasteiger partial charge on any atom is -0.346 e. The van der Waals surface area contributed by atoms with Crippen LogP contribution in [0.3, 0.4) is 0 Å². The number of fused-ring (bicyclic) bond motifs is 1. The standard InChI is InChI=1S/C24H25N5O3/c1-15-13-28(24(32)19-4-3-10-27(2)23(19)31)11-8-17(15)20-12-21(29(14-30)16-5-6-16)26-22-18(20)7-9-25-22/h3-4,7-10,12,14-16H,5-6,11,13H2,1-2H3,(H,25,26)/t15-/m1/s1. The third-order valence-corrected chi connectivity index (χ3v) is 6.34. The van der Waals surface area contributed by atoms with Crippen LogP contribution in [0, 0.1) is 5.92 Å². The van der Waals surface area contributed by atoms with Crippen molar-refractivity contribution in [3.63, 3.8) is 0 Å². The Labute approximate surface area is 185 Å². The van der Waals surface area contributed by atoms with Crippen molar-refractivity contribution in [3.8, 4) is 0 Å². The molecule has 1 saturated carbocycles. The second-order valence-electron chi connectivity index (χ2n) is 8.62. The van der Waals surface area contributed by atoms with Crippen molar-refractivity contribution in [1.82, 2.24) is 19.4 Å². The molecule has 0 unspecified atom stereocenters. The maximum atomic E-state index is 13.0. The molecule has 4 heterocycles. The maximum absolute atomic E-state index is 13.0. The Morgan fingerprint density at radius 1 is 1.31 bits per heavy atom. The number of hydrogen-bond acceptors (Lipinski definition) is 4. The predicted octanol–water partition coefficient (Wildman–Crippen LogP) is 2.56. The third kappa shape index (κ3) is 3.41. The SMILES string of the molecule is C[C@@H]1CN(C(=O)c2cccn(C)c2=O)CC=C1c1cc(N(C=O)C2CC2)nc2[nH]ccc12. The number of hydrogen-bond donors (Lipinski definition) is 1. The molecule has 8 heteroatoms. The fourth-order valence-electron chi connectivity index (χ4n) is 4.46. The topological polar surface area (TPSA) is 91.3 Å². The van der Waals surface area contributed by atoms with Gasteiger partial charge in [-0.3, -0.25) is 19.3 Å². The molecule has 0 aromatic carbocycles. The quantitative estimate of drug-likeness (QED) is 0.629. The average molecular weight is 431 g/mol. The van der Waals surface area contributed by atoms with Crippen molar-refractivity contribution in [2.24, 2.45) is 13.0 Å². The van der Waals surface area contributed by atoms with Crippen molar-refractivity contribution >= 4 is 34.7 Å². The lowest BCUT2D eigenvalue weighted by atomic mass is 9.89. The Hall–Kier alpha value is -3.68. The number of pyridine rings is 2. The monoisotopic (exact) mass is 431 g/mol. The zero-order valence-corrected chi connectivity index (χ0v) is 18.1. The van der Waals surface area contributed by atoms with Crippen LogP contribution in [0.1, 0.15) is 35.7 Å². The lowest BCUT2D eigenvalue weighted by molar-refractivity contribution is -0.107. The van der Waals surface area contributed by atoms with Gasteiger partial charge in [-0.05, 0) is 54.2 Å². The number of H-pyrrole nitrogens is 1. The molecule has 0 radical (unpaired) electrons. The second-order valence-corrected chi connectivity index (χ2v) is 8.62. The van der Waals surface area contributed by atoms with Gasteiger partial charge < -0.3 is 14.5 Å². The van der Waals surface area contributed by atoms with E-state index in [-0.39, 0.29) is 29.0 Å². The molecular formula is C24H25N5O3. The van der Waals surface area contributed by atoms with Gasteiger partial charge in [-0.15, -0.1) is 0 Å². The number of carbonyl (C=O) groups is 2. The van der Waals surface area contributed by atoms with Crippen molar-refractivity contribution in [1.29, 1.82) is 0 Å². The molecule has 0 spiro atoms. The smallest absolute Gasteiger partial charge is 0.263 e. The highest BCUT2D eigenvalue weighted by Gasteiger charge is 2.32. The Morgan fingerprint density at radius 2 is 2.12 bits per heavy atom. The van der Waals surface area contributed by atoms with Gasteiger partial charge >= 0.3 is 0 Å². The first-order chi connectivity index (χ1) is 15.5. The van der Waals surface area contributed by atoms with Gasteiger partial charge in [0, 0.05) is 44.0 Å². The van der Waals surface area contributed by atoms with E-state index in [2.05, 4.69) is 16.9 Å². The maximum Gasteiger partial charge on any atom is 0.263 e. The molecule has 32 heavy (non-hydrogen) atoms. The van der Waals surface area contributed by atoms with Gasteiger partial charge in [-0.25, -0.2) is 4.98 Å². The number of aryl methyl sites for hydroxylation is 1. The largest absolute Gasteiger partial charge is 0.346 e. The molecule has 164 valence electrons. The van der Waals surface area contributed by atoms with E-state index in [0.717, 1.165) is 41.4 Å². The molecule has 3 aromatic heterocycles. The second kappa shape index (κ2) is 7.78. The third-order valence-electron chi connectivity index (χ3n) is 6.34. The van der Waals surface area contributed by atoms with Crippen LogP contribution in [0.2, 0.25) is 0 Å². The van der Waals surface area contributed by atoms with E-state index in [1.165, 1.54) is 4.57 Å². The van der Waals surface area contributed by atoms with E-state index in [4.69, 9.17) is 0 Å². The number of aromatic amines is 1. The van der Waals surface area contributed by atoms with Crippen LogP contribution < -0.4 is 10.5 Å². The van der Waals surface area contributed by atoms with Crippen molar-refractivity contribution in [2.45, 2.75) is 25.8 Å².